The van der Waals surface area contributed by atoms with Gasteiger partial charge in [-0.3, -0.25) is 14.4 Å². The molecular weight excluding hydrogens is 284 g/mol. The maximum absolute atomic E-state index is 12.3. The van der Waals surface area contributed by atoms with Crippen molar-refractivity contribution < 1.29 is 19.5 Å². The Morgan fingerprint density at radius 2 is 1.95 bits per heavy atom. The fourth-order valence-corrected chi connectivity index (χ4v) is 3.61. The number of likely N-dealkylation sites (tertiary alicyclic amines) is 1. The van der Waals surface area contributed by atoms with E-state index in [2.05, 4.69) is 0 Å². The molecule has 0 radical (unpaired) electrons. The molecule has 0 bridgehead atoms. The third-order valence-electron chi connectivity index (χ3n) is 5.26. The summed E-state index contributed by atoms with van der Waals surface area (Å²) in [5.74, 6) is 0.0577. The number of amides is 2. The standard InChI is InChI=1S/C16H24N2O4/c1-17(15(20)13-7-12(13)10-4-5-10)9-14(19)18-6-2-3-11(8-18)16(21)22/h10-13H,2-9H2,1H3,(H,21,22). The smallest absolute Gasteiger partial charge is 0.308 e. The van der Waals surface area contributed by atoms with E-state index in [1.165, 1.54) is 17.7 Å². The molecule has 2 aliphatic carbocycles. The summed E-state index contributed by atoms with van der Waals surface area (Å²) in [4.78, 5) is 38.8. The summed E-state index contributed by atoms with van der Waals surface area (Å²) >= 11 is 0. The molecule has 2 amide bonds. The maximum Gasteiger partial charge on any atom is 0.308 e. The van der Waals surface area contributed by atoms with Crippen LogP contribution in [-0.2, 0) is 14.4 Å². The highest BCUT2D eigenvalue weighted by Crippen LogP contribution is 2.54. The van der Waals surface area contributed by atoms with E-state index in [0.29, 0.717) is 25.3 Å². The highest BCUT2D eigenvalue weighted by atomic mass is 16.4. The van der Waals surface area contributed by atoms with Crippen molar-refractivity contribution in [2.75, 3.05) is 26.7 Å². The molecule has 1 saturated heterocycles. The van der Waals surface area contributed by atoms with Crippen molar-refractivity contribution in [2.45, 2.75) is 32.1 Å². The molecule has 0 aromatic carbocycles. The molecule has 3 rings (SSSR count). The third-order valence-corrected chi connectivity index (χ3v) is 5.26. The zero-order valence-electron chi connectivity index (χ0n) is 13.0. The Balaban J connectivity index is 1.48. The van der Waals surface area contributed by atoms with Crippen LogP contribution in [0.25, 0.3) is 0 Å². The van der Waals surface area contributed by atoms with Gasteiger partial charge in [-0.15, -0.1) is 0 Å². The molecule has 1 heterocycles. The zero-order valence-corrected chi connectivity index (χ0v) is 13.0. The number of piperidine rings is 1. The number of carbonyl (C=O) groups excluding carboxylic acids is 2. The number of likely N-dealkylation sites (N-methyl/N-ethyl adjacent to an activating group) is 1. The number of hydrogen-bond donors (Lipinski definition) is 1. The first-order valence-electron chi connectivity index (χ1n) is 8.23. The molecule has 3 atom stereocenters. The van der Waals surface area contributed by atoms with Crippen LogP contribution in [0.4, 0.5) is 0 Å². The van der Waals surface area contributed by atoms with E-state index in [-0.39, 0.29) is 30.8 Å². The minimum absolute atomic E-state index is 0.0685. The van der Waals surface area contributed by atoms with Gasteiger partial charge in [-0.2, -0.15) is 0 Å². The summed E-state index contributed by atoms with van der Waals surface area (Å²) in [6.45, 7) is 0.933. The molecule has 1 N–H and O–H groups in total. The molecule has 1 aliphatic heterocycles. The van der Waals surface area contributed by atoms with Gasteiger partial charge < -0.3 is 14.9 Å². The van der Waals surface area contributed by atoms with Gasteiger partial charge in [-0.25, -0.2) is 0 Å². The van der Waals surface area contributed by atoms with Crippen LogP contribution in [0.2, 0.25) is 0 Å². The van der Waals surface area contributed by atoms with Gasteiger partial charge in [0.25, 0.3) is 0 Å². The van der Waals surface area contributed by atoms with Crippen LogP contribution in [0.3, 0.4) is 0 Å². The Hall–Kier alpha value is -1.59. The minimum atomic E-state index is -0.841. The Morgan fingerprint density at radius 1 is 1.23 bits per heavy atom. The Kier molecular flexibility index (Phi) is 4.10. The normalized spacial score (nSPS) is 30.8. The third kappa shape index (κ3) is 3.25. The summed E-state index contributed by atoms with van der Waals surface area (Å²) in [7, 11) is 1.68. The molecule has 122 valence electrons. The lowest BCUT2D eigenvalue weighted by molar-refractivity contribution is -0.147. The second-order valence-corrected chi connectivity index (χ2v) is 7.05. The van der Waals surface area contributed by atoms with E-state index < -0.39 is 11.9 Å². The predicted molar refractivity (Wildman–Crippen MR) is 78.9 cm³/mol. The molecule has 0 aromatic heterocycles. The highest BCUT2D eigenvalue weighted by Gasteiger charge is 2.52. The van der Waals surface area contributed by atoms with E-state index in [4.69, 9.17) is 5.11 Å². The molecule has 0 aromatic rings. The Bertz CT molecular complexity index is 489. The predicted octanol–water partition coefficient (Wildman–Crippen LogP) is 0.814. The van der Waals surface area contributed by atoms with Gasteiger partial charge >= 0.3 is 5.97 Å². The van der Waals surface area contributed by atoms with Gasteiger partial charge in [0, 0.05) is 26.1 Å². The van der Waals surface area contributed by atoms with Crippen molar-refractivity contribution in [1.82, 2.24) is 9.80 Å². The summed E-state index contributed by atoms with van der Waals surface area (Å²) in [6, 6.07) is 0. The molecule has 2 saturated carbocycles. The molecule has 3 fully saturated rings. The van der Waals surface area contributed by atoms with Gasteiger partial charge in [0.05, 0.1) is 12.5 Å². The van der Waals surface area contributed by atoms with Crippen molar-refractivity contribution >= 4 is 17.8 Å². The van der Waals surface area contributed by atoms with Crippen molar-refractivity contribution in [2.24, 2.45) is 23.7 Å². The SMILES string of the molecule is CN(CC(=O)N1CCCC(C(=O)O)C1)C(=O)C1CC1C1CC1. The summed E-state index contributed by atoms with van der Waals surface area (Å²) in [5.41, 5.74) is 0. The van der Waals surface area contributed by atoms with Crippen molar-refractivity contribution in [3.63, 3.8) is 0 Å². The lowest BCUT2D eigenvalue weighted by atomic mass is 9.98. The van der Waals surface area contributed by atoms with Gasteiger partial charge in [0.1, 0.15) is 0 Å². The molecule has 6 nitrogen and oxygen atoms in total. The van der Waals surface area contributed by atoms with Gasteiger partial charge in [-0.05, 0) is 43.9 Å². The second-order valence-electron chi connectivity index (χ2n) is 7.05. The molecule has 3 unspecified atom stereocenters. The Morgan fingerprint density at radius 3 is 2.59 bits per heavy atom. The molecule has 6 heteroatoms. The zero-order chi connectivity index (χ0) is 15.9. The topological polar surface area (TPSA) is 77.9 Å². The van der Waals surface area contributed by atoms with Crippen LogP contribution in [0, 0.1) is 23.7 Å². The monoisotopic (exact) mass is 308 g/mol. The summed E-state index contributed by atoms with van der Waals surface area (Å²) in [6.07, 6.45) is 4.82. The van der Waals surface area contributed by atoms with Crippen molar-refractivity contribution in [3.05, 3.63) is 0 Å². The minimum Gasteiger partial charge on any atom is -0.481 e. The van der Waals surface area contributed by atoms with Crippen LogP contribution >= 0.6 is 0 Å². The second kappa shape index (κ2) is 5.89. The summed E-state index contributed by atoms with van der Waals surface area (Å²) in [5, 5.41) is 9.07. The molecule has 0 spiro atoms. The number of aliphatic carboxylic acids is 1. The van der Waals surface area contributed by atoms with Crippen molar-refractivity contribution in [1.29, 1.82) is 0 Å². The first-order valence-corrected chi connectivity index (χ1v) is 8.23. The van der Waals surface area contributed by atoms with Crippen LogP contribution in [0.1, 0.15) is 32.1 Å². The Labute approximate surface area is 130 Å². The number of hydrogen-bond acceptors (Lipinski definition) is 3. The number of carboxylic acids is 1. The lowest BCUT2D eigenvalue weighted by Crippen LogP contribution is -2.47. The van der Waals surface area contributed by atoms with Crippen molar-refractivity contribution in [3.8, 4) is 0 Å². The van der Waals surface area contributed by atoms with E-state index in [9.17, 15) is 14.4 Å². The number of rotatable bonds is 5. The fraction of sp³-hybridized carbons (Fsp3) is 0.812. The van der Waals surface area contributed by atoms with Gasteiger partial charge in [0.15, 0.2) is 0 Å². The van der Waals surface area contributed by atoms with E-state index in [0.717, 1.165) is 12.3 Å². The molecular formula is C16H24N2O4. The molecule has 3 aliphatic rings. The number of carbonyl (C=O) groups is 3. The van der Waals surface area contributed by atoms with E-state index in [1.807, 2.05) is 0 Å². The van der Waals surface area contributed by atoms with Crippen LogP contribution < -0.4 is 0 Å². The average Bonchev–Trinajstić information content (AvgIpc) is 3.38. The number of nitrogens with zero attached hydrogens (tertiary/aromatic N) is 2. The van der Waals surface area contributed by atoms with Crippen LogP contribution in [0.15, 0.2) is 0 Å². The van der Waals surface area contributed by atoms with E-state index >= 15 is 0 Å². The summed E-state index contributed by atoms with van der Waals surface area (Å²) < 4.78 is 0. The molecule has 22 heavy (non-hydrogen) atoms. The van der Waals surface area contributed by atoms with Gasteiger partial charge in [-0.1, -0.05) is 0 Å². The average molecular weight is 308 g/mol. The number of carboxylic acid groups (broad SMARTS) is 1. The largest absolute Gasteiger partial charge is 0.481 e. The quantitative estimate of drug-likeness (QED) is 0.815. The first-order chi connectivity index (χ1) is 10.5. The van der Waals surface area contributed by atoms with Gasteiger partial charge in [0.2, 0.25) is 11.8 Å². The highest BCUT2D eigenvalue weighted by molar-refractivity contribution is 5.87. The maximum atomic E-state index is 12.3. The first kappa shape index (κ1) is 15.3. The fourth-order valence-electron chi connectivity index (χ4n) is 3.61. The lowest BCUT2D eigenvalue weighted by Gasteiger charge is -2.32. The van der Waals surface area contributed by atoms with Crippen LogP contribution in [0.5, 0.6) is 0 Å². The van der Waals surface area contributed by atoms with E-state index in [1.54, 1.807) is 11.9 Å². The van der Waals surface area contributed by atoms with Crippen LogP contribution in [-0.4, -0.2) is 59.4 Å².